The number of ketones is 1. The van der Waals surface area contributed by atoms with Crippen LogP contribution in [0.2, 0.25) is 5.02 Å². The largest absolute Gasteiger partial charge is 0.496 e. The summed E-state index contributed by atoms with van der Waals surface area (Å²) in [7, 11) is 1.54. The minimum absolute atomic E-state index is 0.00472. The zero-order chi connectivity index (χ0) is 29.6. The molecule has 3 N–H and O–H groups in total. The zero-order valence-corrected chi connectivity index (χ0v) is 25.8. The SMILES string of the molecule is COc1cc(N)c(Cl)cc1C(=O)CCC1CCN(CCNS(=O)(=O)c2ccc(OC)c(N3CCN(C)CC3)c2)CC1. The maximum Gasteiger partial charge on any atom is 0.240 e. The summed E-state index contributed by atoms with van der Waals surface area (Å²) in [5, 5.41) is 0.348. The molecule has 2 saturated heterocycles. The summed E-state index contributed by atoms with van der Waals surface area (Å²) >= 11 is 6.12. The van der Waals surface area contributed by atoms with Crippen molar-refractivity contribution in [2.75, 3.05) is 84.3 Å². The van der Waals surface area contributed by atoms with Crippen LogP contribution in [0.1, 0.15) is 36.0 Å². The summed E-state index contributed by atoms with van der Waals surface area (Å²) in [6, 6.07) is 8.22. The molecule has 2 heterocycles. The van der Waals surface area contributed by atoms with Gasteiger partial charge in [-0.25, -0.2) is 13.1 Å². The van der Waals surface area contributed by atoms with Gasteiger partial charge in [-0.05, 0) is 69.6 Å². The van der Waals surface area contributed by atoms with Crippen LogP contribution < -0.4 is 24.8 Å². The van der Waals surface area contributed by atoms with Crippen LogP contribution in [0.5, 0.6) is 11.5 Å². The molecule has 4 rings (SSSR count). The van der Waals surface area contributed by atoms with Gasteiger partial charge in [-0.2, -0.15) is 0 Å². The minimum Gasteiger partial charge on any atom is -0.496 e. The molecule has 41 heavy (non-hydrogen) atoms. The number of likely N-dealkylation sites (tertiary alicyclic amines) is 1. The van der Waals surface area contributed by atoms with Gasteiger partial charge in [0, 0.05) is 51.8 Å². The van der Waals surface area contributed by atoms with Gasteiger partial charge >= 0.3 is 0 Å². The number of benzene rings is 2. The highest BCUT2D eigenvalue weighted by Gasteiger charge is 2.24. The second-order valence-corrected chi connectivity index (χ2v) is 13.0. The van der Waals surface area contributed by atoms with E-state index in [1.165, 1.54) is 7.11 Å². The van der Waals surface area contributed by atoms with Crippen LogP contribution in [0, 0.1) is 5.92 Å². The first-order valence-corrected chi connectivity index (χ1v) is 16.0. The van der Waals surface area contributed by atoms with E-state index >= 15 is 0 Å². The van der Waals surface area contributed by atoms with Gasteiger partial charge < -0.3 is 29.9 Å². The number of carbonyl (C=O) groups excluding carboxylic acids is 1. The molecule has 0 radical (unpaired) electrons. The number of nitrogen functional groups attached to an aromatic ring is 1. The Hall–Kier alpha value is -2.57. The molecule has 12 heteroatoms. The highest BCUT2D eigenvalue weighted by molar-refractivity contribution is 7.89. The highest BCUT2D eigenvalue weighted by Crippen LogP contribution is 2.33. The van der Waals surface area contributed by atoms with Crippen LogP contribution in [-0.4, -0.2) is 97.6 Å². The Balaban J connectivity index is 1.23. The Morgan fingerprint density at radius 1 is 1.02 bits per heavy atom. The zero-order valence-electron chi connectivity index (χ0n) is 24.2. The summed E-state index contributed by atoms with van der Waals surface area (Å²) in [5.74, 6) is 1.55. The maximum atomic E-state index is 13.1. The number of anilines is 2. The molecule has 226 valence electrons. The van der Waals surface area contributed by atoms with Gasteiger partial charge in [-0.15, -0.1) is 0 Å². The molecule has 2 aromatic rings. The summed E-state index contributed by atoms with van der Waals surface area (Å²) in [5.41, 5.74) is 7.49. The average Bonchev–Trinajstić information content (AvgIpc) is 2.97. The van der Waals surface area contributed by atoms with Crippen LogP contribution in [0.25, 0.3) is 0 Å². The van der Waals surface area contributed by atoms with Crippen LogP contribution in [0.4, 0.5) is 11.4 Å². The Labute approximate surface area is 248 Å². The van der Waals surface area contributed by atoms with Gasteiger partial charge in [-0.3, -0.25) is 4.79 Å². The van der Waals surface area contributed by atoms with Crippen molar-refractivity contribution < 1.29 is 22.7 Å². The van der Waals surface area contributed by atoms with Gasteiger partial charge in [-0.1, -0.05) is 11.6 Å². The van der Waals surface area contributed by atoms with E-state index in [-0.39, 0.29) is 10.7 Å². The third-order valence-corrected chi connectivity index (χ3v) is 9.92. The van der Waals surface area contributed by atoms with E-state index in [0.29, 0.717) is 53.2 Å². The van der Waals surface area contributed by atoms with E-state index in [4.69, 9.17) is 26.8 Å². The molecule has 0 atom stereocenters. The predicted octanol–water partition coefficient (Wildman–Crippen LogP) is 3.34. The molecule has 2 fully saturated rings. The monoisotopic (exact) mass is 607 g/mol. The van der Waals surface area contributed by atoms with Crippen LogP contribution in [0.3, 0.4) is 0 Å². The Morgan fingerprint density at radius 2 is 1.71 bits per heavy atom. The van der Waals surface area contributed by atoms with Gasteiger partial charge in [0.2, 0.25) is 10.0 Å². The fraction of sp³-hybridized carbons (Fsp3) is 0.552. The molecule has 0 bridgehead atoms. The summed E-state index contributed by atoms with van der Waals surface area (Å²) in [6.07, 6.45) is 3.13. The smallest absolute Gasteiger partial charge is 0.240 e. The number of rotatable bonds is 12. The number of sulfonamides is 1. The first-order chi connectivity index (χ1) is 19.6. The first-order valence-electron chi connectivity index (χ1n) is 14.1. The first kappa shape index (κ1) is 31.4. The molecule has 0 amide bonds. The predicted molar refractivity (Wildman–Crippen MR) is 163 cm³/mol. The van der Waals surface area contributed by atoms with Crippen LogP contribution >= 0.6 is 11.6 Å². The summed E-state index contributed by atoms with van der Waals surface area (Å²) in [6.45, 7) is 6.17. The normalized spacial score (nSPS) is 17.5. The number of ether oxygens (including phenoxy) is 2. The molecule has 0 aromatic heterocycles. The van der Waals surface area contributed by atoms with Gasteiger partial charge in [0.25, 0.3) is 0 Å². The lowest BCUT2D eigenvalue weighted by molar-refractivity contribution is 0.0960. The van der Waals surface area contributed by atoms with Gasteiger partial charge in [0.1, 0.15) is 11.5 Å². The van der Waals surface area contributed by atoms with E-state index in [9.17, 15) is 13.2 Å². The minimum atomic E-state index is -3.66. The second-order valence-electron chi connectivity index (χ2n) is 10.8. The van der Waals surface area contributed by atoms with Crippen molar-refractivity contribution in [1.82, 2.24) is 14.5 Å². The Bertz CT molecular complexity index is 1310. The molecule has 0 unspecified atom stereocenters. The number of likely N-dealkylation sites (N-methyl/N-ethyl adjacent to an activating group) is 1. The third-order valence-electron chi connectivity index (χ3n) is 8.13. The lowest BCUT2D eigenvalue weighted by Gasteiger charge is -2.35. The second kappa shape index (κ2) is 14.1. The van der Waals surface area contributed by atoms with Gasteiger partial charge in [0.05, 0.1) is 41.1 Å². The molecular formula is C29H42ClN5O5S. The number of hydrogen-bond acceptors (Lipinski definition) is 9. The number of nitrogens with zero attached hydrogens (tertiary/aromatic N) is 3. The number of Topliss-reactive ketones (excluding diaryl/α,β-unsaturated/α-hetero) is 1. The fourth-order valence-electron chi connectivity index (χ4n) is 5.48. The van der Waals surface area contributed by atoms with E-state index in [2.05, 4.69) is 26.5 Å². The number of piperidine rings is 1. The van der Waals surface area contributed by atoms with Crippen molar-refractivity contribution in [1.29, 1.82) is 0 Å². The number of nitrogens with one attached hydrogen (secondary N) is 1. The number of carbonyl (C=O) groups is 1. The van der Waals surface area contributed by atoms with Crippen molar-refractivity contribution in [3.8, 4) is 11.5 Å². The third kappa shape index (κ3) is 8.04. The van der Waals surface area contributed by atoms with Crippen molar-refractivity contribution in [3.63, 3.8) is 0 Å². The van der Waals surface area contributed by atoms with Crippen LogP contribution in [-0.2, 0) is 10.0 Å². The van der Waals surface area contributed by atoms with Crippen molar-refractivity contribution in [2.24, 2.45) is 5.92 Å². The molecule has 0 saturated carbocycles. The van der Waals surface area contributed by atoms with E-state index in [1.807, 2.05) is 0 Å². The van der Waals surface area contributed by atoms with Crippen molar-refractivity contribution in [3.05, 3.63) is 40.9 Å². The number of halogens is 1. The summed E-state index contributed by atoms with van der Waals surface area (Å²) < 4.78 is 39.8. The molecule has 2 aliphatic heterocycles. The van der Waals surface area contributed by atoms with Crippen molar-refractivity contribution >= 4 is 38.8 Å². The van der Waals surface area contributed by atoms with Gasteiger partial charge in [0.15, 0.2) is 5.78 Å². The molecule has 0 spiro atoms. The fourth-order valence-corrected chi connectivity index (χ4v) is 6.68. The number of nitrogens with two attached hydrogens (primary N) is 1. The Morgan fingerprint density at radius 3 is 2.37 bits per heavy atom. The number of hydrogen-bond donors (Lipinski definition) is 2. The van der Waals surface area contributed by atoms with E-state index in [1.54, 1.807) is 37.4 Å². The molecule has 0 aliphatic carbocycles. The number of methoxy groups -OCH3 is 2. The molecular weight excluding hydrogens is 566 g/mol. The van der Waals surface area contributed by atoms with Crippen LogP contribution in [0.15, 0.2) is 35.2 Å². The quantitative estimate of drug-likeness (QED) is 0.277. The lowest BCUT2D eigenvalue weighted by atomic mass is 9.90. The average molecular weight is 608 g/mol. The topological polar surface area (TPSA) is 117 Å². The maximum absolute atomic E-state index is 13.1. The molecule has 10 nitrogen and oxygen atoms in total. The van der Waals surface area contributed by atoms with E-state index in [0.717, 1.165) is 64.2 Å². The molecule has 2 aliphatic rings. The highest BCUT2D eigenvalue weighted by atomic mass is 35.5. The molecule has 2 aromatic carbocycles. The van der Waals surface area contributed by atoms with Crippen molar-refractivity contribution in [2.45, 2.75) is 30.6 Å². The number of piperazine rings is 1. The standard InChI is InChI=1S/C29H42ClN5O5S/c1-33-14-16-35(17-15-33)26-18-22(5-7-28(26)39-2)41(37,38)32-10-13-34-11-8-21(9-12-34)4-6-27(36)23-19-24(30)25(31)20-29(23)40-3/h5,7,18-21,32H,4,6,8-17,31H2,1-3H3. The van der Waals surface area contributed by atoms with E-state index < -0.39 is 10.0 Å². The Kier molecular flexibility index (Phi) is 10.8. The lowest BCUT2D eigenvalue weighted by Crippen LogP contribution is -2.44. The summed E-state index contributed by atoms with van der Waals surface area (Å²) in [4.78, 5) is 19.8.